The molecule has 0 saturated carbocycles. The molecule has 0 N–H and O–H groups in total. The molecule has 0 spiro atoms. The molecule has 2 aliphatic heterocycles. The predicted molar refractivity (Wildman–Crippen MR) is 92.2 cm³/mol. The lowest BCUT2D eigenvalue weighted by atomic mass is 10.0. The average molecular weight is 329 g/mol. The van der Waals surface area contributed by atoms with Crippen molar-refractivity contribution in [3.05, 3.63) is 29.5 Å². The maximum atomic E-state index is 4.74. The fourth-order valence-electron chi connectivity index (χ4n) is 3.70. The largest absolute Gasteiger partial charge is 0.299 e. The van der Waals surface area contributed by atoms with Crippen LogP contribution in [0.25, 0.3) is 10.8 Å². The molecule has 23 heavy (non-hydrogen) atoms. The normalized spacial score (nSPS) is 23.4. The molecular formula is C17H23N5S. The van der Waals surface area contributed by atoms with Gasteiger partial charge in [0.1, 0.15) is 0 Å². The molecule has 0 aromatic carbocycles. The van der Waals surface area contributed by atoms with E-state index in [4.69, 9.17) is 4.98 Å². The SMILES string of the molecule is c1cnc(-c2nc(CN3CCC[C@@H](N4CCCC4)C3)cs2)nc1. The fraction of sp³-hybridized carbons (Fsp3) is 0.588. The summed E-state index contributed by atoms with van der Waals surface area (Å²) in [7, 11) is 0. The van der Waals surface area contributed by atoms with Crippen molar-refractivity contribution in [2.45, 2.75) is 38.3 Å². The molecule has 2 aromatic rings. The summed E-state index contributed by atoms with van der Waals surface area (Å²) in [5.41, 5.74) is 1.15. The van der Waals surface area contributed by atoms with E-state index >= 15 is 0 Å². The summed E-state index contributed by atoms with van der Waals surface area (Å²) in [6, 6.07) is 2.59. The monoisotopic (exact) mass is 329 g/mol. The maximum Gasteiger partial charge on any atom is 0.188 e. The molecule has 2 aromatic heterocycles. The van der Waals surface area contributed by atoms with Gasteiger partial charge in [-0.1, -0.05) is 0 Å². The molecule has 0 radical (unpaired) electrons. The van der Waals surface area contributed by atoms with E-state index < -0.39 is 0 Å². The lowest BCUT2D eigenvalue weighted by molar-refractivity contribution is 0.110. The highest BCUT2D eigenvalue weighted by atomic mass is 32.1. The average Bonchev–Trinajstić information content (AvgIpc) is 3.28. The molecule has 0 amide bonds. The lowest BCUT2D eigenvalue weighted by Gasteiger charge is -2.37. The van der Waals surface area contributed by atoms with Crippen LogP contribution in [0.2, 0.25) is 0 Å². The van der Waals surface area contributed by atoms with Crippen molar-refractivity contribution < 1.29 is 0 Å². The maximum absolute atomic E-state index is 4.74. The predicted octanol–water partition coefficient (Wildman–Crippen LogP) is 2.66. The molecular weight excluding hydrogens is 306 g/mol. The summed E-state index contributed by atoms with van der Waals surface area (Å²) < 4.78 is 0. The Morgan fingerprint density at radius 1 is 1.09 bits per heavy atom. The molecule has 6 heteroatoms. The summed E-state index contributed by atoms with van der Waals surface area (Å²) >= 11 is 1.64. The minimum Gasteiger partial charge on any atom is -0.299 e. The van der Waals surface area contributed by atoms with Crippen LogP contribution in [0.1, 0.15) is 31.4 Å². The number of nitrogens with zero attached hydrogens (tertiary/aromatic N) is 5. The molecule has 4 heterocycles. The third-order valence-electron chi connectivity index (χ3n) is 4.83. The summed E-state index contributed by atoms with van der Waals surface area (Å²) in [6.45, 7) is 5.93. The van der Waals surface area contributed by atoms with E-state index in [-0.39, 0.29) is 0 Å². The highest BCUT2D eigenvalue weighted by Crippen LogP contribution is 2.24. The van der Waals surface area contributed by atoms with E-state index in [0.29, 0.717) is 0 Å². The van der Waals surface area contributed by atoms with E-state index in [1.54, 1.807) is 23.7 Å². The second-order valence-corrected chi connectivity index (χ2v) is 7.35. The van der Waals surface area contributed by atoms with Gasteiger partial charge in [-0.25, -0.2) is 15.0 Å². The lowest BCUT2D eigenvalue weighted by Crippen LogP contribution is -2.46. The van der Waals surface area contributed by atoms with Gasteiger partial charge in [0.05, 0.1) is 5.69 Å². The van der Waals surface area contributed by atoms with Crippen LogP contribution < -0.4 is 0 Å². The Morgan fingerprint density at radius 3 is 2.74 bits per heavy atom. The number of rotatable bonds is 4. The first-order valence-corrected chi connectivity index (χ1v) is 9.45. The molecule has 5 nitrogen and oxygen atoms in total. The van der Waals surface area contributed by atoms with Crippen molar-refractivity contribution in [1.82, 2.24) is 24.8 Å². The number of hydrogen-bond donors (Lipinski definition) is 0. The van der Waals surface area contributed by atoms with Crippen LogP contribution >= 0.6 is 11.3 Å². The van der Waals surface area contributed by atoms with Crippen LogP contribution in [0, 0.1) is 0 Å². The van der Waals surface area contributed by atoms with Crippen molar-refractivity contribution >= 4 is 11.3 Å². The molecule has 122 valence electrons. The van der Waals surface area contributed by atoms with Gasteiger partial charge in [-0.15, -0.1) is 11.3 Å². The molecule has 0 aliphatic carbocycles. The van der Waals surface area contributed by atoms with Crippen molar-refractivity contribution in [3.8, 4) is 10.8 Å². The first-order chi connectivity index (χ1) is 11.4. The highest BCUT2D eigenvalue weighted by molar-refractivity contribution is 7.13. The van der Waals surface area contributed by atoms with Gasteiger partial charge in [-0.2, -0.15) is 0 Å². The molecule has 1 atom stereocenters. The quantitative estimate of drug-likeness (QED) is 0.863. The number of aromatic nitrogens is 3. The highest BCUT2D eigenvalue weighted by Gasteiger charge is 2.27. The summed E-state index contributed by atoms with van der Waals surface area (Å²) in [5, 5.41) is 3.08. The summed E-state index contributed by atoms with van der Waals surface area (Å²) in [5.74, 6) is 0.734. The van der Waals surface area contributed by atoms with Gasteiger partial charge in [-0.05, 0) is 51.4 Å². The van der Waals surface area contributed by atoms with Crippen molar-refractivity contribution in [3.63, 3.8) is 0 Å². The number of likely N-dealkylation sites (tertiary alicyclic amines) is 2. The smallest absolute Gasteiger partial charge is 0.188 e. The van der Waals surface area contributed by atoms with Crippen molar-refractivity contribution in [1.29, 1.82) is 0 Å². The second kappa shape index (κ2) is 7.03. The fourth-order valence-corrected chi connectivity index (χ4v) is 4.46. The Bertz CT molecular complexity index is 623. The van der Waals surface area contributed by atoms with Crippen LogP contribution in [-0.2, 0) is 6.54 Å². The van der Waals surface area contributed by atoms with Crippen molar-refractivity contribution in [2.75, 3.05) is 26.2 Å². The molecule has 2 saturated heterocycles. The number of piperidine rings is 1. The van der Waals surface area contributed by atoms with Gasteiger partial charge in [-0.3, -0.25) is 9.80 Å². The van der Waals surface area contributed by atoms with Crippen LogP contribution in [0.15, 0.2) is 23.8 Å². The summed E-state index contributed by atoms with van der Waals surface area (Å²) in [6.07, 6.45) is 8.96. The molecule has 0 bridgehead atoms. The zero-order valence-electron chi connectivity index (χ0n) is 13.4. The minimum absolute atomic E-state index is 0.734. The van der Waals surface area contributed by atoms with Gasteiger partial charge in [0, 0.05) is 36.9 Å². The van der Waals surface area contributed by atoms with Crippen LogP contribution in [0.4, 0.5) is 0 Å². The van der Waals surface area contributed by atoms with E-state index in [0.717, 1.165) is 29.1 Å². The van der Waals surface area contributed by atoms with Gasteiger partial charge in [0.15, 0.2) is 10.8 Å². The zero-order chi connectivity index (χ0) is 15.5. The van der Waals surface area contributed by atoms with E-state index in [2.05, 4.69) is 25.1 Å². The van der Waals surface area contributed by atoms with Crippen molar-refractivity contribution in [2.24, 2.45) is 0 Å². The minimum atomic E-state index is 0.734. The Hall–Kier alpha value is -1.37. The van der Waals surface area contributed by atoms with Crippen LogP contribution in [0.5, 0.6) is 0 Å². The third kappa shape index (κ3) is 3.59. The van der Waals surface area contributed by atoms with Gasteiger partial charge >= 0.3 is 0 Å². The van der Waals surface area contributed by atoms with Gasteiger partial charge in [0.25, 0.3) is 0 Å². The molecule has 2 aliphatic rings. The molecule has 0 unspecified atom stereocenters. The van der Waals surface area contributed by atoms with E-state index in [1.807, 2.05) is 6.07 Å². The van der Waals surface area contributed by atoms with Crippen LogP contribution in [0.3, 0.4) is 0 Å². The Labute approximate surface area is 141 Å². The first kappa shape index (κ1) is 15.2. The Balaban J connectivity index is 1.39. The topological polar surface area (TPSA) is 45.2 Å². The van der Waals surface area contributed by atoms with Gasteiger partial charge < -0.3 is 0 Å². The van der Waals surface area contributed by atoms with Crippen LogP contribution in [-0.4, -0.2) is 57.0 Å². The Morgan fingerprint density at radius 2 is 1.91 bits per heavy atom. The number of thiazole rings is 1. The standard InChI is InChI=1S/C17H23N5S/c1-2-10-22(9-1)15-5-3-8-21(12-15)11-14-13-23-17(20-14)16-18-6-4-7-19-16/h4,6-7,13,15H,1-3,5,8-12H2/t15-/m1/s1. The van der Waals surface area contributed by atoms with Gasteiger partial charge in [0.2, 0.25) is 0 Å². The van der Waals surface area contributed by atoms with E-state index in [9.17, 15) is 0 Å². The number of hydrogen-bond acceptors (Lipinski definition) is 6. The second-order valence-electron chi connectivity index (χ2n) is 6.49. The first-order valence-electron chi connectivity index (χ1n) is 8.57. The molecule has 4 rings (SSSR count). The Kier molecular flexibility index (Phi) is 4.64. The third-order valence-corrected chi connectivity index (χ3v) is 5.72. The molecule has 2 fully saturated rings. The summed E-state index contributed by atoms with van der Waals surface area (Å²) in [4.78, 5) is 18.6. The van der Waals surface area contributed by atoms with E-state index in [1.165, 1.54) is 51.9 Å². The zero-order valence-corrected chi connectivity index (χ0v) is 14.2.